The summed E-state index contributed by atoms with van der Waals surface area (Å²) in [5.41, 5.74) is 26.7. The maximum Gasteiger partial charge on any atom is 0.0755 e. The molecule has 14 aromatic rings. The molecule has 4 aliphatic rings. The monoisotopic (exact) mass is 992 g/mol. The predicted molar refractivity (Wildman–Crippen MR) is 321 cm³/mol. The molecule has 1 atom stereocenters. The number of fused-ring (bicyclic) bond motifs is 25. The van der Waals surface area contributed by atoms with E-state index in [0.717, 1.165) is 17.1 Å². The van der Waals surface area contributed by atoms with E-state index in [1.54, 1.807) is 0 Å². The van der Waals surface area contributed by atoms with E-state index in [0.29, 0.717) is 0 Å². The van der Waals surface area contributed by atoms with E-state index in [9.17, 15) is 0 Å². The SMILES string of the molecule is c1ccc2c(c1)-c1ccccc1C21c2ccccc2-c2ccc(N(c3ccc(-c4ccc5sc6ccccc6c5c4)cc3)c3cccc4c3-c3ccccc3C43c4ccccc4-n4c5ccccc5c5cccc3c54)cc21. The van der Waals surface area contributed by atoms with Gasteiger partial charge in [-0.05, 0) is 144 Å². The van der Waals surface area contributed by atoms with Gasteiger partial charge in [0.15, 0.2) is 0 Å². The van der Waals surface area contributed by atoms with Crippen LogP contribution in [0.3, 0.4) is 0 Å². The summed E-state index contributed by atoms with van der Waals surface area (Å²) in [7, 11) is 0. The topological polar surface area (TPSA) is 8.17 Å². The van der Waals surface area contributed by atoms with Crippen molar-refractivity contribution in [3.63, 3.8) is 0 Å². The van der Waals surface area contributed by atoms with Crippen molar-refractivity contribution in [3.8, 4) is 50.2 Å². The van der Waals surface area contributed by atoms with Crippen LogP contribution < -0.4 is 4.90 Å². The third-order valence-electron chi connectivity index (χ3n) is 18.0. The molecule has 0 bridgehead atoms. The summed E-state index contributed by atoms with van der Waals surface area (Å²) in [6.07, 6.45) is 0. The number of para-hydroxylation sites is 3. The van der Waals surface area contributed by atoms with Crippen LogP contribution in [-0.2, 0) is 10.8 Å². The lowest BCUT2D eigenvalue weighted by molar-refractivity contribution is 0.748. The lowest BCUT2D eigenvalue weighted by atomic mass is 9.65. The van der Waals surface area contributed by atoms with Crippen molar-refractivity contribution >= 4 is 70.4 Å². The zero-order valence-electron chi connectivity index (χ0n) is 41.7. The summed E-state index contributed by atoms with van der Waals surface area (Å²) in [4.78, 5) is 2.57. The largest absolute Gasteiger partial charge is 0.310 e. The highest BCUT2D eigenvalue weighted by Gasteiger charge is 2.53. The maximum absolute atomic E-state index is 2.57. The van der Waals surface area contributed by atoms with Crippen LogP contribution in [-0.4, -0.2) is 4.57 Å². The number of benzene rings is 12. The Morgan fingerprint density at radius 3 is 1.58 bits per heavy atom. The van der Waals surface area contributed by atoms with Crippen LogP contribution in [0.2, 0.25) is 0 Å². The van der Waals surface area contributed by atoms with Gasteiger partial charge in [-0.2, -0.15) is 0 Å². The molecule has 2 aromatic heterocycles. The first-order valence-electron chi connectivity index (χ1n) is 26.8. The highest BCUT2D eigenvalue weighted by Crippen LogP contribution is 2.66. The molecule has 0 radical (unpaired) electrons. The van der Waals surface area contributed by atoms with E-state index in [1.807, 2.05) is 11.3 Å². The molecule has 0 fully saturated rings. The molecule has 0 saturated heterocycles. The van der Waals surface area contributed by atoms with E-state index in [2.05, 4.69) is 276 Å². The molecule has 356 valence electrons. The Labute approximate surface area is 449 Å². The lowest BCUT2D eigenvalue weighted by Crippen LogP contribution is -2.33. The first-order chi connectivity index (χ1) is 38.2. The van der Waals surface area contributed by atoms with E-state index in [4.69, 9.17) is 0 Å². The van der Waals surface area contributed by atoms with Crippen molar-refractivity contribution in [1.29, 1.82) is 0 Å². The second-order valence-corrected chi connectivity index (χ2v) is 22.5. The molecule has 0 saturated carbocycles. The predicted octanol–water partition coefficient (Wildman–Crippen LogP) is 19.3. The number of thiophene rings is 1. The van der Waals surface area contributed by atoms with Gasteiger partial charge < -0.3 is 9.47 Å². The van der Waals surface area contributed by atoms with Crippen molar-refractivity contribution in [2.45, 2.75) is 10.8 Å². The Kier molecular flexibility index (Phi) is 8.18. The minimum Gasteiger partial charge on any atom is -0.310 e. The molecule has 0 N–H and O–H groups in total. The van der Waals surface area contributed by atoms with Gasteiger partial charge in [0, 0.05) is 47.9 Å². The molecular formula is C74H44N2S. The molecular weight excluding hydrogens is 949 g/mol. The standard InChI is InChI=1S/C74H44N2S/c1-7-24-58-49(17-1)50-18-2-8-25-59(50)73(58)60-26-9-3-19-51(60)52-41-40-48(44-65(52)73)75(47-38-35-45(36-39-47)46-37-42-70-57(43-46)54-21-6-14-34-69(54)77-70)68-33-16-29-63-71(68)56-22-4-10-27-61(56)74(63)62-28-11-13-32-67(62)76-66-31-12-5-20-53(66)55-23-15-30-64(74)72(55)76/h1-44H. The maximum atomic E-state index is 2.57. The van der Waals surface area contributed by atoms with Crippen molar-refractivity contribution in [1.82, 2.24) is 4.57 Å². The summed E-state index contributed by atoms with van der Waals surface area (Å²) in [5, 5.41) is 5.18. The first kappa shape index (κ1) is 41.8. The summed E-state index contributed by atoms with van der Waals surface area (Å²) in [6, 6.07) is 101. The number of hydrogen-bond acceptors (Lipinski definition) is 2. The zero-order valence-corrected chi connectivity index (χ0v) is 42.5. The molecule has 1 aliphatic heterocycles. The molecule has 3 aliphatic carbocycles. The Hall–Kier alpha value is -9.54. The summed E-state index contributed by atoms with van der Waals surface area (Å²) >= 11 is 1.87. The van der Waals surface area contributed by atoms with Crippen molar-refractivity contribution in [2.75, 3.05) is 4.90 Å². The quantitative estimate of drug-likeness (QED) is 0.171. The average Bonchev–Trinajstić information content (AvgIpc) is 4.48. The van der Waals surface area contributed by atoms with Crippen molar-refractivity contribution in [2.24, 2.45) is 0 Å². The van der Waals surface area contributed by atoms with Crippen LogP contribution in [0.4, 0.5) is 17.1 Å². The highest BCUT2D eigenvalue weighted by molar-refractivity contribution is 7.25. The lowest BCUT2D eigenvalue weighted by Gasteiger charge is -2.39. The van der Waals surface area contributed by atoms with Crippen molar-refractivity contribution < 1.29 is 0 Å². The van der Waals surface area contributed by atoms with Gasteiger partial charge in [-0.1, -0.05) is 206 Å². The summed E-state index contributed by atoms with van der Waals surface area (Å²) in [6.45, 7) is 0. The van der Waals surface area contributed by atoms with E-state index in [1.165, 1.54) is 137 Å². The third kappa shape index (κ3) is 5.15. The van der Waals surface area contributed by atoms with Gasteiger partial charge in [-0.25, -0.2) is 0 Å². The second kappa shape index (κ2) is 15.1. The number of anilines is 3. The highest BCUT2D eigenvalue weighted by atomic mass is 32.1. The fourth-order valence-electron chi connectivity index (χ4n) is 15.1. The molecule has 18 rings (SSSR count). The molecule has 77 heavy (non-hydrogen) atoms. The molecule has 2 nitrogen and oxygen atoms in total. The van der Waals surface area contributed by atoms with Crippen LogP contribution >= 0.6 is 11.3 Å². The number of rotatable bonds is 4. The third-order valence-corrected chi connectivity index (χ3v) is 19.2. The molecule has 3 heterocycles. The Bertz CT molecular complexity index is 4830. The van der Waals surface area contributed by atoms with Crippen LogP contribution in [0, 0.1) is 0 Å². The minimum atomic E-state index is -0.594. The second-order valence-electron chi connectivity index (χ2n) is 21.4. The van der Waals surface area contributed by atoms with Crippen LogP contribution in [0.15, 0.2) is 267 Å². The van der Waals surface area contributed by atoms with Crippen molar-refractivity contribution in [3.05, 3.63) is 311 Å². The fourth-order valence-corrected chi connectivity index (χ4v) is 16.2. The van der Waals surface area contributed by atoms with Gasteiger partial charge >= 0.3 is 0 Å². The molecule has 12 aromatic carbocycles. The van der Waals surface area contributed by atoms with E-state index in [-0.39, 0.29) is 0 Å². The molecule has 1 unspecified atom stereocenters. The molecule has 2 spiro atoms. The van der Waals surface area contributed by atoms with E-state index >= 15 is 0 Å². The average molecular weight is 993 g/mol. The fraction of sp³-hybridized carbons (Fsp3) is 0.0270. The van der Waals surface area contributed by atoms with Gasteiger partial charge in [0.05, 0.1) is 33.2 Å². The van der Waals surface area contributed by atoms with E-state index < -0.39 is 10.8 Å². The number of hydrogen-bond donors (Lipinski definition) is 0. The van der Waals surface area contributed by atoms with Crippen LogP contribution in [0.1, 0.15) is 44.5 Å². The number of nitrogens with zero attached hydrogens (tertiary/aromatic N) is 2. The van der Waals surface area contributed by atoms with Gasteiger partial charge in [0.1, 0.15) is 0 Å². The van der Waals surface area contributed by atoms with Gasteiger partial charge in [-0.15, -0.1) is 11.3 Å². The minimum absolute atomic E-state index is 0.493. The zero-order chi connectivity index (χ0) is 50.1. The Balaban J connectivity index is 0.911. The summed E-state index contributed by atoms with van der Waals surface area (Å²) < 4.78 is 5.18. The van der Waals surface area contributed by atoms with Gasteiger partial charge in [0.25, 0.3) is 0 Å². The smallest absolute Gasteiger partial charge is 0.0755 e. The molecule has 3 heteroatoms. The van der Waals surface area contributed by atoms with Gasteiger partial charge in [-0.3, -0.25) is 0 Å². The van der Waals surface area contributed by atoms with Gasteiger partial charge in [0.2, 0.25) is 0 Å². The Morgan fingerprint density at radius 1 is 0.312 bits per heavy atom. The summed E-state index contributed by atoms with van der Waals surface area (Å²) in [5.74, 6) is 0. The number of aromatic nitrogens is 1. The Morgan fingerprint density at radius 2 is 0.831 bits per heavy atom. The van der Waals surface area contributed by atoms with Crippen LogP contribution in [0.25, 0.3) is 92.2 Å². The van der Waals surface area contributed by atoms with Crippen LogP contribution in [0.5, 0.6) is 0 Å². The first-order valence-corrected chi connectivity index (χ1v) is 27.6. The molecule has 0 amide bonds. The normalized spacial score (nSPS) is 15.4.